The van der Waals surface area contributed by atoms with Gasteiger partial charge in [0.15, 0.2) is 0 Å². The Morgan fingerprint density at radius 1 is 1.16 bits per heavy atom. The van der Waals surface area contributed by atoms with Gasteiger partial charge < -0.3 is 10.1 Å². The number of rotatable bonds is 10. The third kappa shape index (κ3) is 6.50. The molecule has 0 bridgehead atoms. The summed E-state index contributed by atoms with van der Waals surface area (Å²) in [5.41, 5.74) is 4.95. The Bertz CT molecular complexity index is 1420. The lowest BCUT2D eigenvalue weighted by molar-refractivity contribution is -0.117. The Hall–Kier alpha value is -4.70. The van der Waals surface area contributed by atoms with E-state index in [1.807, 2.05) is 73.8 Å². The van der Waals surface area contributed by atoms with Crippen LogP contribution in [0, 0.1) is 18.3 Å². The van der Waals surface area contributed by atoms with Gasteiger partial charge in [-0.2, -0.15) is 10.4 Å². The van der Waals surface area contributed by atoms with Gasteiger partial charge in [0.1, 0.15) is 23.1 Å². The Morgan fingerprint density at radius 2 is 2.00 bits per heavy atom. The molecule has 0 radical (unpaired) electrons. The van der Waals surface area contributed by atoms with Crippen molar-refractivity contribution in [2.75, 3.05) is 6.61 Å². The number of amides is 1. The van der Waals surface area contributed by atoms with Crippen LogP contribution in [0.4, 0.5) is 0 Å². The van der Waals surface area contributed by atoms with Crippen molar-refractivity contribution in [3.63, 3.8) is 0 Å². The molecular formula is C30H29N5O2. The summed E-state index contributed by atoms with van der Waals surface area (Å²) in [6.07, 6.45) is 8.84. The number of pyridine rings is 1. The summed E-state index contributed by atoms with van der Waals surface area (Å²) in [5.74, 6) is 0.350. The van der Waals surface area contributed by atoms with Gasteiger partial charge in [0.2, 0.25) is 0 Å². The molecule has 7 nitrogen and oxygen atoms in total. The monoisotopic (exact) mass is 491 g/mol. The second kappa shape index (κ2) is 12.3. The lowest BCUT2D eigenvalue weighted by atomic mass is 10.0. The highest BCUT2D eigenvalue weighted by molar-refractivity contribution is 6.02. The van der Waals surface area contributed by atoms with Gasteiger partial charge in [0.05, 0.1) is 12.3 Å². The molecule has 0 aliphatic rings. The van der Waals surface area contributed by atoms with Gasteiger partial charge >= 0.3 is 0 Å². The summed E-state index contributed by atoms with van der Waals surface area (Å²) < 4.78 is 7.62. The molecular weight excluding hydrogens is 462 g/mol. The third-order valence-electron chi connectivity index (χ3n) is 5.82. The van der Waals surface area contributed by atoms with Gasteiger partial charge in [0.25, 0.3) is 5.91 Å². The topological polar surface area (TPSA) is 92.8 Å². The number of carbonyl (C=O) groups excluding carboxylic acids is 1. The highest BCUT2D eigenvalue weighted by atomic mass is 16.5. The number of ether oxygens (including phenoxy) is 1. The molecule has 0 atom stereocenters. The number of hydrogen-bond acceptors (Lipinski definition) is 5. The predicted octanol–water partition coefficient (Wildman–Crippen LogP) is 5.65. The molecule has 2 aromatic carbocycles. The van der Waals surface area contributed by atoms with Crippen molar-refractivity contribution < 1.29 is 9.53 Å². The number of benzene rings is 2. The highest BCUT2D eigenvalue weighted by Gasteiger charge is 2.17. The van der Waals surface area contributed by atoms with Crippen molar-refractivity contribution in [2.45, 2.75) is 33.2 Å². The van der Waals surface area contributed by atoms with Crippen LogP contribution in [-0.2, 0) is 11.3 Å². The van der Waals surface area contributed by atoms with E-state index in [1.54, 1.807) is 29.2 Å². The van der Waals surface area contributed by atoms with Gasteiger partial charge in [-0.05, 0) is 66.9 Å². The molecule has 2 aromatic heterocycles. The predicted molar refractivity (Wildman–Crippen MR) is 144 cm³/mol. The molecule has 186 valence electrons. The minimum absolute atomic E-state index is 0.00470. The lowest BCUT2D eigenvalue weighted by Crippen LogP contribution is -2.24. The van der Waals surface area contributed by atoms with Crippen LogP contribution >= 0.6 is 0 Å². The van der Waals surface area contributed by atoms with E-state index in [0.29, 0.717) is 17.9 Å². The zero-order chi connectivity index (χ0) is 26.0. The van der Waals surface area contributed by atoms with Gasteiger partial charge in [-0.3, -0.25) is 9.78 Å². The summed E-state index contributed by atoms with van der Waals surface area (Å²) in [4.78, 5) is 16.9. The molecule has 4 rings (SSSR count). The largest absolute Gasteiger partial charge is 0.494 e. The first kappa shape index (κ1) is 25.4. The molecule has 37 heavy (non-hydrogen) atoms. The van der Waals surface area contributed by atoms with Crippen LogP contribution in [0.3, 0.4) is 0 Å². The minimum atomic E-state index is -0.457. The zero-order valence-electron chi connectivity index (χ0n) is 21.0. The third-order valence-corrected chi connectivity index (χ3v) is 5.82. The summed E-state index contributed by atoms with van der Waals surface area (Å²) in [6.45, 7) is 5.08. The Labute approximate surface area is 217 Å². The molecule has 1 amide bonds. The zero-order valence-corrected chi connectivity index (χ0v) is 21.0. The summed E-state index contributed by atoms with van der Waals surface area (Å²) in [6, 6.07) is 21.3. The molecule has 2 heterocycles. The quantitative estimate of drug-likeness (QED) is 0.176. The maximum atomic E-state index is 12.8. The van der Waals surface area contributed by atoms with E-state index >= 15 is 0 Å². The number of para-hydroxylation sites is 1. The Morgan fingerprint density at radius 3 is 2.70 bits per heavy atom. The number of aryl methyl sites for hydroxylation is 1. The maximum Gasteiger partial charge on any atom is 0.262 e. The van der Waals surface area contributed by atoms with Crippen molar-refractivity contribution >= 4 is 12.0 Å². The average molecular weight is 492 g/mol. The van der Waals surface area contributed by atoms with Crippen LogP contribution in [0.5, 0.6) is 5.75 Å². The number of unbranched alkanes of at least 4 members (excludes halogenated alkanes) is 1. The van der Waals surface area contributed by atoms with E-state index in [9.17, 15) is 10.1 Å². The van der Waals surface area contributed by atoms with Crippen LogP contribution in [-0.4, -0.2) is 27.3 Å². The first-order valence-electron chi connectivity index (χ1n) is 12.3. The molecule has 4 aromatic rings. The first-order valence-corrected chi connectivity index (χ1v) is 12.3. The Kier molecular flexibility index (Phi) is 8.45. The second-order valence-corrected chi connectivity index (χ2v) is 8.61. The van der Waals surface area contributed by atoms with Crippen molar-refractivity contribution in [3.05, 3.63) is 102 Å². The Balaban J connectivity index is 1.68. The number of aromatic nitrogens is 3. The maximum absolute atomic E-state index is 12.8. The fourth-order valence-corrected chi connectivity index (χ4v) is 3.83. The van der Waals surface area contributed by atoms with Crippen molar-refractivity contribution in [2.24, 2.45) is 0 Å². The lowest BCUT2D eigenvalue weighted by Gasteiger charge is -2.10. The van der Waals surface area contributed by atoms with Crippen LogP contribution < -0.4 is 10.1 Å². The molecule has 0 unspecified atom stereocenters. The fraction of sp³-hybridized carbons (Fsp3) is 0.200. The molecule has 0 saturated heterocycles. The number of nitrogens with one attached hydrogen (secondary N) is 1. The van der Waals surface area contributed by atoms with Gasteiger partial charge in [-0.1, -0.05) is 37.6 Å². The SMILES string of the molecule is CCCCOc1ccc(-c2nn(-c3ccccc3)cc2/C=C(\C#N)C(=O)NCc2cccnc2)c(C)c1. The van der Waals surface area contributed by atoms with Crippen molar-refractivity contribution in [3.8, 4) is 28.8 Å². The van der Waals surface area contributed by atoms with Gasteiger partial charge in [0, 0.05) is 36.3 Å². The highest BCUT2D eigenvalue weighted by Crippen LogP contribution is 2.31. The molecule has 0 aliphatic heterocycles. The summed E-state index contributed by atoms with van der Waals surface area (Å²) in [5, 5.41) is 17.4. The minimum Gasteiger partial charge on any atom is -0.494 e. The molecule has 7 heteroatoms. The number of nitriles is 1. The van der Waals surface area contributed by atoms with Crippen molar-refractivity contribution in [1.82, 2.24) is 20.1 Å². The molecule has 0 aliphatic carbocycles. The van der Waals surface area contributed by atoms with E-state index in [4.69, 9.17) is 9.84 Å². The van der Waals surface area contributed by atoms with Crippen LogP contribution in [0.25, 0.3) is 23.0 Å². The number of hydrogen-bond donors (Lipinski definition) is 1. The van der Waals surface area contributed by atoms with E-state index in [2.05, 4.69) is 17.2 Å². The van der Waals surface area contributed by atoms with Gasteiger partial charge in [-0.25, -0.2) is 4.68 Å². The van der Waals surface area contributed by atoms with E-state index in [-0.39, 0.29) is 12.1 Å². The molecule has 1 N–H and O–H groups in total. The molecule has 0 spiro atoms. The van der Waals surface area contributed by atoms with Crippen LogP contribution in [0.15, 0.2) is 84.8 Å². The van der Waals surface area contributed by atoms with E-state index in [0.717, 1.165) is 41.0 Å². The average Bonchev–Trinajstić information content (AvgIpc) is 3.35. The smallest absolute Gasteiger partial charge is 0.262 e. The summed E-state index contributed by atoms with van der Waals surface area (Å²) >= 11 is 0. The normalized spacial score (nSPS) is 11.1. The van der Waals surface area contributed by atoms with Crippen LogP contribution in [0.2, 0.25) is 0 Å². The number of carbonyl (C=O) groups is 1. The number of nitrogens with zero attached hydrogens (tertiary/aromatic N) is 4. The molecule has 0 fully saturated rings. The first-order chi connectivity index (χ1) is 18.1. The van der Waals surface area contributed by atoms with Gasteiger partial charge in [-0.15, -0.1) is 0 Å². The van der Waals surface area contributed by atoms with Crippen LogP contribution in [0.1, 0.15) is 36.5 Å². The molecule has 0 saturated carbocycles. The standard InChI is InChI=1S/C30H29N5O2/c1-3-4-15-37-27-12-13-28(22(2)16-27)29-25(21-35(34-29)26-10-6-5-7-11-26)17-24(18-31)30(36)33-20-23-9-8-14-32-19-23/h5-14,16-17,19,21H,3-4,15,20H2,1-2H3,(H,33,36)/b24-17+. The second-order valence-electron chi connectivity index (χ2n) is 8.61. The van der Waals surface area contributed by atoms with E-state index in [1.165, 1.54) is 0 Å². The van der Waals surface area contributed by atoms with Crippen molar-refractivity contribution in [1.29, 1.82) is 5.26 Å². The van der Waals surface area contributed by atoms with E-state index < -0.39 is 5.91 Å². The summed E-state index contributed by atoms with van der Waals surface area (Å²) in [7, 11) is 0. The fourth-order valence-electron chi connectivity index (χ4n) is 3.83.